The summed E-state index contributed by atoms with van der Waals surface area (Å²) in [5.74, 6) is 1.43. The van der Waals surface area contributed by atoms with Crippen molar-refractivity contribution in [1.29, 1.82) is 0 Å². The summed E-state index contributed by atoms with van der Waals surface area (Å²) in [6, 6.07) is 0. The number of carbonyl (C=O) groups excluding carboxylic acids is 1. The van der Waals surface area contributed by atoms with Crippen molar-refractivity contribution in [2.45, 2.75) is 51.4 Å². The van der Waals surface area contributed by atoms with Crippen LogP contribution in [-0.4, -0.2) is 45.2 Å². The Kier molecular flexibility index (Phi) is 6.42. The SMILES string of the molecule is Cn1cc(C(=O)Nc2nccs2)c(CC2CCN(CC3CCCCC3)CC2)n1. The van der Waals surface area contributed by atoms with Crippen LogP contribution in [0.1, 0.15) is 61.0 Å². The summed E-state index contributed by atoms with van der Waals surface area (Å²) in [5.41, 5.74) is 1.60. The van der Waals surface area contributed by atoms with Gasteiger partial charge in [0.25, 0.3) is 5.91 Å². The summed E-state index contributed by atoms with van der Waals surface area (Å²) in [6.45, 7) is 3.67. The molecule has 0 spiro atoms. The maximum atomic E-state index is 12.7. The quantitative estimate of drug-likeness (QED) is 0.796. The second kappa shape index (κ2) is 9.18. The normalized spacial score (nSPS) is 19.8. The van der Waals surface area contributed by atoms with Gasteiger partial charge in [-0.15, -0.1) is 11.3 Å². The van der Waals surface area contributed by atoms with Crippen molar-refractivity contribution in [2.75, 3.05) is 25.0 Å². The molecule has 28 heavy (non-hydrogen) atoms. The average molecular weight is 402 g/mol. The Balaban J connectivity index is 1.30. The molecule has 2 aromatic heterocycles. The highest BCUT2D eigenvalue weighted by molar-refractivity contribution is 7.13. The first-order chi connectivity index (χ1) is 13.7. The monoisotopic (exact) mass is 401 g/mol. The van der Waals surface area contributed by atoms with Gasteiger partial charge in [-0.1, -0.05) is 19.3 Å². The Morgan fingerprint density at radius 1 is 1.18 bits per heavy atom. The van der Waals surface area contributed by atoms with Crippen LogP contribution in [-0.2, 0) is 13.5 Å². The molecule has 0 unspecified atom stereocenters. The summed E-state index contributed by atoms with van der Waals surface area (Å²) in [4.78, 5) is 19.5. The predicted molar refractivity (Wildman–Crippen MR) is 113 cm³/mol. The summed E-state index contributed by atoms with van der Waals surface area (Å²) in [5, 5.41) is 9.98. The average Bonchev–Trinajstić information content (AvgIpc) is 3.34. The molecule has 3 heterocycles. The van der Waals surface area contributed by atoms with Crippen LogP contribution in [0.25, 0.3) is 0 Å². The lowest BCUT2D eigenvalue weighted by Gasteiger charge is -2.35. The highest BCUT2D eigenvalue weighted by Gasteiger charge is 2.25. The molecule has 0 bridgehead atoms. The van der Waals surface area contributed by atoms with Crippen molar-refractivity contribution in [2.24, 2.45) is 18.9 Å². The standard InChI is InChI=1S/C21H31N5OS/c1-25-15-18(20(27)23-21-22-9-12-28-21)19(24-25)13-16-7-10-26(11-8-16)14-17-5-3-2-4-6-17/h9,12,15-17H,2-8,10-11,13-14H2,1H3,(H,22,23,27). The first-order valence-electron chi connectivity index (χ1n) is 10.6. The Hall–Kier alpha value is -1.73. The van der Waals surface area contributed by atoms with Gasteiger partial charge in [-0.2, -0.15) is 5.10 Å². The minimum absolute atomic E-state index is 0.104. The van der Waals surface area contributed by atoms with E-state index in [1.807, 2.05) is 18.6 Å². The molecule has 2 fully saturated rings. The number of amides is 1. The largest absolute Gasteiger partial charge is 0.303 e. The smallest absolute Gasteiger partial charge is 0.260 e. The second-order valence-corrected chi connectivity index (χ2v) is 9.30. The number of anilines is 1. The third kappa shape index (κ3) is 5.00. The van der Waals surface area contributed by atoms with Gasteiger partial charge in [0.15, 0.2) is 5.13 Å². The molecule has 7 heteroatoms. The molecular weight excluding hydrogens is 370 g/mol. The van der Waals surface area contributed by atoms with Gasteiger partial charge in [0.1, 0.15) is 0 Å². The molecule has 0 atom stereocenters. The molecule has 0 aromatic carbocycles. The van der Waals surface area contributed by atoms with E-state index in [0.717, 1.165) is 18.0 Å². The number of hydrogen-bond donors (Lipinski definition) is 1. The zero-order chi connectivity index (χ0) is 19.3. The molecule has 4 rings (SSSR count). The van der Waals surface area contributed by atoms with Gasteiger partial charge in [0.05, 0.1) is 11.3 Å². The van der Waals surface area contributed by atoms with Crippen molar-refractivity contribution < 1.29 is 4.79 Å². The van der Waals surface area contributed by atoms with Gasteiger partial charge in [0.2, 0.25) is 0 Å². The second-order valence-electron chi connectivity index (χ2n) is 8.41. The molecule has 2 aliphatic rings. The molecule has 1 aliphatic carbocycles. The van der Waals surface area contributed by atoms with Crippen molar-refractivity contribution in [3.63, 3.8) is 0 Å². The van der Waals surface area contributed by atoms with E-state index in [1.165, 1.54) is 75.9 Å². The predicted octanol–water partition coefficient (Wildman–Crippen LogP) is 3.96. The number of carbonyl (C=O) groups is 1. The molecule has 1 saturated carbocycles. The Morgan fingerprint density at radius 3 is 2.68 bits per heavy atom. The molecule has 0 radical (unpaired) electrons. The maximum Gasteiger partial charge on any atom is 0.260 e. The molecule has 1 aliphatic heterocycles. The number of aromatic nitrogens is 3. The lowest BCUT2D eigenvalue weighted by Crippen LogP contribution is -2.38. The van der Waals surface area contributed by atoms with E-state index >= 15 is 0 Å². The van der Waals surface area contributed by atoms with Crippen LogP contribution in [0.2, 0.25) is 0 Å². The Labute approximate surface area is 171 Å². The zero-order valence-electron chi connectivity index (χ0n) is 16.8. The molecule has 1 saturated heterocycles. The fourth-order valence-electron chi connectivity index (χ4n) is 4.71. The number of piperidine rings is 1. The van der Waals surface area contributed by atoms with E-state index in [4.69, 9.17) is 0 Å². The van der Waals surface area contributed by atoms with Crippen LogP contribution >= 0.6 is 11.3 Å². The van der Waals surface area contributed by atoms with Crippen molar-refractivity contribution in [3.8, 4) is 0 Å². The minimum Gasteiger partial charge on any atom is -0.303 e. The fraction of sp³-hybridized carbons (Fsp3) is 0.667. The first-order valence-corrected chi connectivity index (χ1v) is 11.5. The van der Waals surface area contributed by atoms with Crippen molar-refractivity contribution in [3.05, 3.63) is 29.0 Å². The van der Waals surface area contributed by atoms with E-state index in [2.05, 4.69) is 20.3 Å². The summed E-state index contributed by atoms with van der Waals surface area (Å²) < 4.78 is 1.75. The van der Waals surface area contributed by atoms with E-state index in [-0.39, 0.29) is 5.91 Å². The van der Waals surface area contributed by atoms with Crippen LogP contribution in [0.15, 0.2) is 17.8 Å². The molecule has 1 amide bonds. The van der Waals surface area contributed by atoms with Gasteiger partial charge in [-0.3, -0.25) is 14.8 Å². The van der Waals surface area contributed by atoms with Crippen LogP contribution in [0, 0.1) is 11.8 Å². The van der Waals surface area contributed by atoms with E-state index < -0.39 is 0 Å². The van der Waals surface area contributed by atoms with Crippen molar-refractivity contribution in [1.82, 2.24) is 19.7 Å². The van der Waals surface area contributed by atoms with E-state index in [1.54, 1.807) is 10.9 Å². The molecule has 6 nitrogen and oxygen atoms in total. The third-order valence-corrected chi connectivity index (χ3v) is 6.92. The summed E-state index contributed by atoms with van der Waals surface area (Å²) >= 11 is 1.43. The van der Waals surface area contributed by atoms with Crippen LogP contribution < -0.4 is 5.32 Å². The molecular formula is C21H31N5OS. The van der Waals surface area contributed by atoms with Crippen molar-refractivity contribution >= 4 is 22.4 Å². The zero-order valence-corrected chi connectivity index (χ0v) is 17.6. The number of nitrogens with one attached hydrogen (secondary N) is 1. The Bertz CT molecular complexity index is 758. The van der Waals surface area contributed by atoms with E-state index in [9.17, 15) is 4.79 Å². The lowest BCUT2D eigenvalue weighted by atomic mass is 9.87. The first kappa shape index (κ1) is 19.6. The summed E-state index contributed by atoms with van der Waals surface area (Å²) in [6.07, 6.45) is 14.0. The van der Waals surface area contributed by atoms with E-state index in [0.29, 0.717) is 16.6 Å². The number of aryl methyl sites for hydroxylation is 1. The fourth-order valence-corrected chi connectivity index (χ4v) is 5.23. The van der Waals surface area contributed by atoms with Gasteiger partial charge < -0.3 is 4.90 Å². The maximum absolute atomic E-state index is 12.7. The number of nitrogens with zero attached hydrogens (tertiary/aromatic N) is 4. The number of likely N-dealkylation sites (tertiary alicyclic amines) is 1. The number of hydrogen-bond acceptors (Lipinski definition) is 5. The molecule has 1 N–H and O–H groups in total. The minimum atomic E-state index is -0.104. The highest BCUT2D eigenvalue weighted by atomic mass is 32.1. The molecule has 2 aromatic rings. The van der Waals surface area contributed by atoms with Gasteiger partial charge in [0, 0.05) is 31.4 Å². The number of thiazole rings is 1. The Morgan fingerprint density at radius 2 is 1.96 bits per heavy atom. The summed E-state index contributed by atoms with van der Waals surface area (Å²) in [7, 11) is 1.89. The third-order valence-electron chi connectivity index (χ3n) is 6.23. The number of rotatable bonds is 6. The van der Waals surface area contributed by atoms with Crippen LogP contribution in [0.4, 0.5) is 5.13 Å². The topological polar surface area (TPSA) is 63.1 Å². The highest BCUT2D eigenvalue weighted by Crippen LogP contribution is 2.28. The van der Waals surface area contributed by atoms with Gasteiger partial charge >= 0.3 is 0 Å². The van der Waals surface area contributed by atoms with Gasteiger partial charge in [-0.25, -0.2) is 4.98 Å². The van der Waals surface area contributed by atoms with Crippen LogP contribution in [0.5, 0.6) is 0 Å². The van der Waals surface area contributed by atoms with Gasteiger partial charge in [-0.05, 0) is 57.0 Å². The molecule has 152 valence electrons. The van der Waals surface area contributed by atoms with Crippen LogP contribution in [0.3, 0.4) is 0 Å². The lowest BCUT2D eigenvalue weighted by molar-refractivity contribution is 0.102.